The molecule has 0 aliphatic carbocycles. The molecule has 0 aliphatic heterocycles. The minimum atomic E-state index is -1.10. The molecular weight excluding hydrogens is 223 g/mol. The van der Waals surface area contributed by atoms with Crippen LogP contribution in [0.1, 0.15) is 10.4 Å². The lowest BCUT2D eigenvalue weighted by molar-refractivity contribution is -0.0743. The van der Waals surface area contributed by atoms with Crippen LogP contribution >= 0.6 is 11.6 Å². The van der Waals surface area contributed by atoms with Crippen molar-refractivity contribution in [2.75, 3.05) is 14.2 Å². The number of halogens is 2. The van der Waals surface area contributed by atoms with Crippen molar-refractivity contribution in [1.82, 2.24) is 0 Å². The Hall–Kier alpha value is -0.970. The highest BCUT2D eigenvalue weighted by Crippen LogP contribution is 2.16. The Balaban J connectivity index is 3.00. The molecule has 5 heteroatoms. The fourth-order valence-electron chi connectivity index (χ4n) is 1.13. The number of rotatable bonds is 4. The number of carbonyl (C=O) groups is 1. The second-order valence-electron chi connectivity index (χ2n) is 2.79. The molecule has 0 atom stereocenters. The first-order valence-electron chi connectivity index (χ1n) is 4.15. The van der Waals surface area contributed by atoms with Gasteiger partial charge < -0.3 is 9.47 Å². The SMILES string of the molecule is COC(OC)C(=O)c1ccc(Cl)cc1F. The zero-order chi connectivity index (χ0) is 11.4. The summed E-state index contributed by atoms with van der Waals surface area (Å²) in [5.41, 5.74) is -0.104. The molecule has 3 nitrogen and oxygen atoms in total. The molecule has 0 N–H and O–H groups in total. The lowest BCUT2D eigenvalue weighted by atomic mass is 10.1. The summed E-state index contributed by atoms with van der Waals surface area (Å²) in [6.45, 7) is 0. The van der Waals surface area contributed by atoms with E-state index in [4.69, 9.17) is 21.1 Å². The summed E-state index contributed by atoms with van der Waals surface area (Å²) in [5.74, 6) is -1.26. The smallest absolute Gasteiger partial charge is 0.222 e. The fourth-order valence-corrected chi connectivity index (χ4v) is 1.29. The first-order valence-corrected chi connectivity index (χ1v) is 4.52. The van der Waals surface area contributed by atoms with Gasteiger partial charge in [-0.1, -0.05) is 11.6 Å². The third-order valence-electron chi connectivity index (χ3n) is 1.84. The Morgan fingerprint density at radius 1 is 1.40 bits per heavy atom. The zero-order valence-electron chi connectivity index (χ0n) is 8.29. The van der Waals surface area contributed by atoms with E-state index >= 15 is 0 Å². The van der Waals surface area contributed by atoms with Crippen LogP contribution in [0.4, 0.5) is 4.39 Å². The number of hydrogen-bond acceptors (Lipinski definition) is 3. The molecule has 0 saturated carbocycles. The molecular formula is C10H10ClFO3. The van der Waals surface area contributed by atoms with Crippen LogP contribution in [0.15, 0.2) is 18.2 Å². The van der Waals surface area contributed by atoms with Gasteiger partial charge in [-0.05, 0) is 18.2 Å². The first-order chi connectivity index (χ1) is 7.10. The van der Waals surface area contributed by atoms with Gasteiger partial charge in [0.05, 0.1) is 5.56 Å². The van der Waals surface area contributed by atoms with Crippen LogP contribution in [-0.4, -0.2) is 26.3 Å². The summed E-state index contributed by atoms with van der Waals surface area (Å²) in [5, 5.41) is 0.232. The molecule has 0 aromatic heterocycles. The molecule has 0 amide bonds. The quantitative estimate of drug-likeness (QED) is 0.590. The third-order valence-corrected chi connectivity index (χ3v) is 2.07. The molecule has 0 radical (unpaired) electrons. The van der Waals surface area contributed by atoms with Gasteiger partial charge in [-0.3, -0.25) is 4.79 Å². The van der Waals surface area contributed by atoms with E-state index in [-0.39, 0.29) is 10.6 Å². The monoisotopic (exact) mass is 232 g/mol. The second-order valence-corrected chi connectivity index (χ2v) is 3.23. The Morgan fingerprint density at radius 2 is 2.00 bits per heavy atom. The highest BCUT2D eigenvalue weighted by Gasteiger charge is 2.21. The number of methoxy groups -OCH3 is 2. The maximum absolute atomic E-state index is 13.3. The van der Waals surface area contributed by atoms with E-state index in [1.54, 1.807) is 0 Å². The van der Waals surface area contributed by atoms with Crippen LogP contribution in [0.25, 0.3) is 0 Å². The highest BCUT2D eigenvalue weighted by atomic mass is 35.5. The normalized spacial score (nSPS) is 10.7. The van der Waals surface area contributed by atoms with Gasteiger partial charge in [0.1, 0.15) is 5.82 Å². The summed E-state index contributed by atoms with van der Waals surface area (Å²) in [7, 11) is 2.61. The van der Waals surface area contributed by atoms with Crippen molar-refractivity contribution >= 4 is 17.4 Å². The average Bonchev–Trinajstić information content (AvgIpc) is 2.19. The number of benzene rings is 1. The van der Waals surface area contributed by atoms with Crippen LogP contribution in [0.5, 0.6) is 0 Å². The van der Waals surface area contributed by atoms with Gasteiger partial charge in [-0.2, -0.15) is 0 Å². The molecule has 1 aromatic rings. The van der Waals surface area contributed by atoms with E-state index in [1.165, 1.54) is 26.4 Å². The van der Waals surface area contributed by atoms with Crippen molar-refractivity contribution < 1.29 is 18.7 Å². The summed E-state index contributed by atoms with van der Waals surface area (Å²) >= 11 is 5.56. The maximum atomic E-state index is 13.3. The van der Waals surface area contributed by atoms with Crippen molar-refractivity contribution in [3.8, 4) is 0 Å². The lowest BCUT2D eigenvalue weighted by Crippen LogP contribution is -2.25. The van der Waals surface area contributed by atoms with Gasteiger partial charge in [0, 0.05) is 19.2 Å². The van der Waals surface area contributed by atoms with Gasteiger partial charge in [-0.15, -0.1) is 0 Å². The topological polar surface area (TPSA) is 35.5 Å². The number of ketones is 1. The minimum Gasteiger partial charge on any atom is -0.349 e. The predicted molar refractivity (Wildman–Crippen MR) is 53.5 cm³/mol. The van der Waals surface area contributed by atoms with Gasteiger partial charge in [-0.25, -0.2) is 4.39 Å². The van der Waals surface area contributed by atoms with Crippen LogP contribution in [0.2, 0.25) is 5.02 Å². The summed E-state index contributed by atoms with van der Waals surface area (Å²) in [6, 6.07) is 3.79. The average molecular weight is 233 g/mol. The minimum absolute atomic E-state index is 0.104. The third kappa shape index (κ3) is 2.75. The van der Waals surface area contributed by atoms with Gasteiger partial charge in [0.25, 0.3) is 0 Å². The van der Waals surface area contributed by atoms with Gasteiger partial charge >= 0.3 is 0 Å². The van der Waals surface area contributed by atoms with Crippen LogP contribution in [-0.2, 0) is 9.47 Å². The number of Topliss-reactive ketones (excluding diaryl/α,β-unsaturated/α-hetero) is 1. The molecule has 82 valence electrons. The van der Waals surface area contributed by atoms with Crippen LogP contribution < -0.4 is 0 Å². The van der Waals surface area contributed by atoms with Gasteiger partial charge in [0.15, 0.2) is 0 Å². The van der Waals surface area contributed by atoms with E-state index in [0.29, 0.717) is 0 Å². The van der Waals surface area contributed by atoms with Crippen molar-refractivity contribution in [1.29, 1.82) is 0 Å². The van der Waals surface area contributed by atoms with E-state index in [2.05, 4.69) is 0 Å². The van der Waals surface area contributed by atoms with E-state index in [0.717, 1.165) is 6.07 Å². The Morgan fingerprint density at radius 3 is 2.47 bits per heavy atom. The van der Waals surface area contributed by atoms with E-state index in [9.17, 15) is 9.18 Å². The first kappa shape index (κ1) is 12.1. The standard InChI is InChI=1S/C10H10ClFO3/c1-14-10(15-2)9(13)7-4-3-6(11)5-8(7)12/h3-5,10H,1-2H3. The van der Waals surface area contributed by atoms with Crippen LogP contribution in [0, 0.1) is 5.82 Å². The van der Waals surface area contributed by atoms with Crippen LogP contribution in [0.3, 0.4) is 0 Å². The van der Waals surface area contributed by atoms with Crippen molar-refractivity contribution in [2.24, 2.45) is 0 Å². The molecule has 0 unspecified atom stereocenters. The molecule has 0 saturated heterocycles. The largest absolute Gasteiger partial charge is 0.349 e. The highest BCUT2D eigenvalue weighted by molar-refractivity contribution is 6.30. The molecule has 15 heavy (non-hydrogen) atoms. The van der Waals surface area contributed by atoms with Crippen molar-refractivity contribution in [3.63, 3.8) is 0 Å². The number of ether oxygens (including phenoxy) is 2. The Bertz CT molecular complexity index is 364. The van der Waals surface area contributed by atoms with E-state index < -0.39 is 17.9 Å². The molecule has 0 fully saturated rings. The molecule has 1 aromatic carbocycles. The summed E-state index contributed by atoms with van der Waals surface area (Å²) in [4.78, 5) is 11.6. The number of carbonyl (C=O) groups excluding carboxylic acids is 1. The number of hydrogen-bond donors (Lipinski definition) is 0. The van der Waals surface area contributed by atoms with Crippen molar-refractivity contribution in [3.05, 3.63) is 34.6 Å². The fraction of sp³-hybridized carbons (Fsp3) is 0.300. The summed E-state index contributed by atoms with van der Waals surface area (Å²) in [6.07, 6.45) is -1.10. The molecule has 0 bridgehead atoms. The molecule has 0 aliphatic rings. The zero-order valence-corrected chi connectivity index (χ0v) is 9.05. The van der Waals surface area contributed by atoms with E-state index in [1.807, 2.05) is 0 Å². The molecule has 1 rings (SSSR count). The Kier molecular flexibility index (Phi) is 4.20. The Labute approximate surface area is 91.7 Å². The second kappa shape index (κ2) is 5.21. The van der Waals surface area contributed by atoms with Gasteiger partial charge in [0.2, 0.25) is 12.1 Å². The predicted octanol–water partition coefficient (Wildman–Crippen LogP) is 2.28. The molecule has 0 spiro atoms. The maximum Gasteiger partial charge on any atom is 0.222 e. The lowest BCUT2D eigenvalue weighted by Gasteiger charge is -2.12. The molecule has 0 heterocycles. The summed E-state index contributed by atoms with van der Waals surface area (Å²) < 4.78 is 22.8. The van der Waals surface area contributed by atoms with Crippen molar-refractivity contribution in [2.45, 2.75) is 6.29 Å².